The van der Waals surface area contributed by atoms with Gasteiger partial charge in [-0.15, -0.1) is 0 Å². The summed E-state index contributed by atoms with van der Waals surface area (Å²) in [5, 5.41) is 2.89. The van der Waals surface area contributed by atoms with E-state index in [9.17, 15) is 13.2 Å². The third kappa shape index (κ3) is 7.00. The van der Waals surface area contributed by atoms with Crippen LogP contribution in [-0.2, 0) is 26.9 Å². The summed E-state index contributed by atoms with van der Waals surface area (Å²) in [7, 11) is -1.52. The normalized spacial score (nSPS) is 13.9. The minimum Gasteiger partial charge on any atom is -0.378 e. The van der Waals surface area contributed by atoms with Gasteiger partial charge in [-0.05, 0) is 29.8 Å². The second kappa shape index (κ2) is 10.8. The zero-order valence-corrected chi connectivity index (χ0v) is 20.7. The molecule has 2 heterocycles. The zero-order valence-electron chi connectivity index (χ0n) is 19.8. The molecule has 4 rings (SSSR count). The van der Waals surface area contributed by atoms with Crippen molar-refractivity contribution in [3.63, 3.8) is 0 Å². The monoisotopic (exact) mass is 495 g/mol. The van der Waals surface area contributed by atoms with Crippen LogP contribution in [0.4, 0.5) is 16.3 Å². The van der Waals surface area contributed by atoms with E-state index in [1.54, 1.807) is 30.1 Å². The highest BCUT2D eigenvalue weighted by molar-refractivity contribution is 7.89. The van der Waals surface area contributed by atoms with Crippen molar-refractivity contribution < 1.29 is 17.9 Å². The Morgan fingerprint density at radius 2 is 1.74 bits per heavy atom. The van der Waals surface area contributed by atoms with Crippen LogP contribution in [0.1, 0.15) is 11.3 Å². The van der Waals surface area contributed by atoms with E-state index < -0.39 is 9.84 Å². The van der Waals surface area contributed by atoms with Crippen molar-refractivity contribution in [2.45, 2.75) is 12.3 Å². The average molecular weight is 496 g/mol. The molecule has 0 atom stereocenters. The minimum atomic E-state index is -3.26. The van der Waals surface area contributed by atoms with Gasteiger partial charge < -0.3 is 19.9 Å². The summed E-state index contributed by atoms with van der Waals surface area (Å²) < 4.78 is 29.3. The lowest BCUT2D eigenvalue weighted by atomic mass is 10.2. The fraction of sp³-hybridized carbons (Fsp3) is 0.320. The van der Waals surface area contributed by atoms with E-state index in [2.05, 4.69) is 15.2 Å². The first-order chi connectivity index (χ1) is 16.8. The zero-order chi connectivity index (χ0) is 24.8. The SMILES string of the molecule is CN(Cc1ccccc1)C(=O)Nc1ccc(-c2nc(CS(C)(=O)=O)cc(N3CCOCC3)n2)cc1. The molecule has 1 aliphatic rings. The second-order valence-electron chi connectivity index (χ2n) is 8.56. The smallest absolute Gasteiger partial charge is 0.321 e. The quantitative estimate of drug-likeness (QED) is 0.537. The van der Waals surface area contributed by atoms with Gasteiger partial charge in [0.1, 0.15) is 5.82 Å². The van der Waals surface area contributed by atoms with Crippen LogP contribution in [0.15, 0.2) is 60.7 Å². The average Bonchev–Trinajstić information content (AvgIpc) is 2.84. The predicted molar refractivity (Wildman–Crippen MR) is 136 cm³/mol. The Kier molecular flexibility index (Phi) is 7.62. The highest BCUT2D eigenvalue weighted by Gasteiger charge is 2.18. The Bertz CT molecular complexity index is 1260. The van der Waals surface area contributed by atoms with Gasteiger partial charge in [0.05, 0.1) is 24.7 Å². The summed E-state index contributed by atoms with van der Waals surface area (Å²) in [6, 6.07) is 18.5. The fourth-order valence-corrected chi connectivity index (χ4v) is 4.44. The number of rotatable bonds is 7. The number of carbonyl (C=O) groups excluding carboxylic acids is 1. The van der Waals surface area contributed by atoms with Gasteiger partial charge in [-0.3, -0.25) is 0 Å². The number of anilines is 2. The maximum atomic E-state index is 12.6. The summed E-state index contributed by atoms with van der Waals surface area (Å²) in [6.07, 6.45) is 1.19. The van der Waals surface area contributed by atoms with Gasteiger partial charge in [0.25, 0.3) is 0 Å². The Morgan fingerprint density at radius 1 is 1.06 bits per heavy atom. The molecule has 10 heteroatoms. The molecule has 0 aliphatic carbocycles. The number of hydrogen-bond acceptors (Lipinski definition) is 7. The highest BCUT2D eigenvalue weighted by atomic mass is 32.2. The molecule has 0 unspecified atom stereocenters. The fourth-order valence-electron chi connectivity index (χ4n) is 3.76. The Hall–Kier alpha value is -3.50. The number of nitrogens with one attached hydrogen (secondary N) is 1. The molecule has 1 aromatic heterocycles. The van der Waals surface area contributed by atoms with Crippen LogP contribution in [0.25, 0.3) is 11.4 Å². The van der Waals surface area contributed by atoms with Crippen molar-refractivity contribution in [1.82, 2.24) is 14.9 Å². The summed E-state index contributed by atoms with van der Waals surface area (Å²) in [5.74, 6) is 0.949. The van der Waals surface area contributed by atoms with Crippen LogP contribution in [0.5, 0.6) is 0 Å². The van der Waals surface area contributed by atoms with E-state index in [-0.39, 0.29) is 11.8 Å². The summed E-state index contributed by atoms with van der Waals surface area (Å²) >= 11 is 0. The van der Waals surface area contributed by atoms with Gasteiger partial charge in [0.2, 0.25) is 0 Å². The number of urea groups is 1. The molecular formula is C25H29N5O4S. The molecular weight excluding hydrogens is 466 g/mol. The van der Waals surface area contributed by atoms with Crippen molar-refractivity contribution in [2.75, 3.05) is 49.8 Å². The van der Waals surface area contributed by atoms with Gasteiger partial charge in [-0.2, -0.15) is 0 Å². The molecule has 3 aromatic rings. The number of sulfone groups is 1. The molecule has 35 heavy (non-hydrogen) atoms. The lowest BCUT2D eigenvalue weighted by Gasteiger charge is -2.28. The van der Waals surface area contributed by atoms with E-state index in [1.165, 1.54) is 6.26 Å². The van der Waals surface area contributed by atoms with Crippen LogP contribution in [-0.4, -0.2) is 68.9 Å². The molecule has 1 saturated heterocycles. The number of amides is 2. The largest absolute Gasteiger partial charge is 0.378 e. The van der Waals surface area contributed by atoms with Crippen LogP contribution in [0.3, 0.4) is 0 Å². The Labute approximate surface area is 205 Å². The van der Waals surface area contributed by atoms with E-state index in [0.29, 0.717) is 55.9 Å². The number of ether oxygens (including phenoxy) is 1. The number of nitrogens with zero attached hydrogens (tertiary/aromatic N) is 4. The number of morpholine rings is 1. The maximum absolute atomic E-state index is 12.6. The molecule has 0 spiro atoms. The maximum Gasteiger partial charge on any atom is 0.321 e. The summed E-state index contributed by atoms with van der Waals surface area (Å²) in [4.78, 5) is 25.5. The number of benzene rings is 2. The molecule has 1 aliphatic heterocycles. The van der Waals surface area contributed by atoms with Crippen LogP contribution in [0.2, 0.25) is 0 Å². The number of carbonyl (C=O) groups is 1. The molecule has 0 radical (unpaired) electrons. The molecule has 0 bridgehead atoms. The van der Waals surface area contributed by atoms with Crippen LogP contribution < -0.4 is 10.2 Å². The highest BCUT2D eigenvalue weighted by Crippen LogP contribution is 2.23. The van der Waals surface area contributed by atoms with Crippen LogP contribution in [0, 0.1) is 0 Å². The first-order valence-corrected chi connectivity index (χ1v) is 13.4. The standard InChI is InChI=1S/C25H29N5O4S/c1-29(17-19-6-4-3-5-7-19)25(31)27-21-10-8-20(9-11-21)24-26-22(18-35(2,32)33)16-23(28-24)30-12-14-34-15-13-30/h3-11,16H,12-15,17-18H2,1-2H3,(H,27,31). The first kappa shape index (κ1) is 24.6. The van der Waals surface area contributed by atoms with E-state index in [4.69, 9.17) is 9.72 Å². The van der Waals surface area contributed by atoms with Gasteiger partial charge in [0, 0.05) is 50.3 Å². The van der Waals surface area contributed by atoms with Gasteiger partial charge in [-0.25, -0.2) is 23.2 Å². The predicted octanol–water partition coefficient (Wildman–Crippen LogP) is 3.19. The lowest BCUT2D eigenvalue weighted by molar-refractivity contribution is 0.122. The van der Waals surface area contributed by atoms with Crippen molar-refractivity contribution in [2.24, 2.45) is 0 Å². The number of hydrogen-bond donors (Lipinski definition) is 1. The lowest BCUT2D eigenvalue weighted by Crippen LogP contribution is -2.37. The van der Waals surface area contributed by atoms with E-state index in [1.807, 2.05) is 42.5 Å². The van der Waals surface area contributed by atoms with E-state index >= 15 is 0 Å². The van der Waals surface area contributed by atoms with Crippen molar-refractivity contribution in [1.29, 1.82) is 0 Å². The third-order valence-electron chi connectivity index (χ3n) is 5.51. The molecule has 2 amide bonds. The topological polar surface area (TPSA) is 105 Å². The first-order valence-electron chi connectivity index (χ1n) is 11.3. The molecule has 1 fully saturated rings. The van der Waals surface area contributed by atoms with Gasteiger partial charge in [0.15, 0.2) is 15.7 Å². The van der Waals surface area contributed by atoms with Crippen molar-refractivity contribution in [3.05, 3.63) is 71.9 Å². The third-order valence-corrected chi connectivity index (χ3v) is 6.33. The van der Waals surface area contributed by atoms with Crippen molar-refractivity contribution in [3.8, 4) is 11.4 Å². The summed E-state index contributed by atoms with van der Waals surface area (Å²) in [5.41, 5.74) is 2.85. The minimum absolute atomic E-state index is 0.165. The van der Waals surface area contributed by atoms with Crippen LogP contribution >= 0.6 is 0 Å². The molecule has 2 aromatic carbocycles. The molecule has 0 saturated carbocycles. The Morgan fingerprint density at radius 3 is 2.40 bits per heavy atom. The van der Waals surface area contributed by atoms with Gasteiger partial charge in [-0.1, -0.05) is 30.3 Å². The second-order valence-corrected chi connectivity index (χ2v) is 10.7. The molecule has 1 N–H and O–H groups in total. The van der Waals surface area contributed by atoms with E-state index in [0.717, 1.165) is 11.1 Å². The van der Waals surface area contributed by atoms with Crippen molar-refractivity contribution >= 4 is 27.4 Å². The number of aromatic nitrogens is 2. The molecule has 9 nitrogen and oxygen atoms in total. The molecule has 184 valence electrons. The summed E-state index contributed by atoms with van der Waals surface area (Å²) in [6.45, 7) is 3.03. The van der Waals surface area contributed by atoms with Gasteiger partial charge >= 0.3 is 6.03 Å². The Balaban J connectivity index is 1.51.